The summed E-state index contributed by atoms with van der Waals surface area (Å²) in [5.74, 6) is -0.917. The molecule has 0 amide bonds. The molecule has 0 atom stereocenters. The molecule has 9 heteroatoms. The van der Waals surface area contributed by atoms with Crippen molar-refractivity contribution in [1.82, 2.24) is 9.88 Å². The molecule has 1 aliphatic heterocycles. The van der Waals surface area contributed by atoms with Crippen molar-refractivity contribution in [2.45, 2.75) is 25.3 Å². The lowest BCUT2D eigenvalue weighted by Crippen LogP contribution is -2.44. The van der Waals surface area contributed by atoms with Gasteiger partial charge in [-0.2, -0.15) is 0 Å². The van der Waals surface area contributed by atoms with Crippen LogP contribution in [0.15, 0.2) is 17.1 Å². The summed E-state index contributed by atoms with van der Waals surface area (Å²) in [4.78, 5) is 25.5. The largest absolute Gasteiger partial charge is 0.511 e. The number of hydrogen-bond acceptors (Lipinski definition) is 5. The van der Waals surface area contributed by atoms with Crippen molar-refractivity contribution >= 4 is 34.3 Å². The molecule has 4 rings (SSSR count). The molecule has 2 aliphatic rings. The fourth-order valence-corrected chi connectivity index (χ4v) is 3.88. The van der Waals surface area contributed by atoms with Gasteiger partial charge in [0.25, 0.3) is 0 Å². The first-order valence-corrected chi connectivity index (χ1v) is 9.14. The quantitative estimate of drug-likeness (QED) is 0.777. The maximum Gasteiger partial charge on any atom is 0.511 e. The van der Waals surface area contributed by atoms with Gasteiger partial charge in [0.05, 0.1) is 27.8 Å². The number of halogens is 2. The van der Waals surface area contributed by atoms with E-state index in [1.807, 2.05) is 11.8 Å². The minimum Gasteiger partial charge on any atom is -0.449 e. The van der Waals surface area contributed by atoms with Gasteiger partial charge >= 0.3 is 6.16 Å². The molecule has 2 N–H and O–H groups in total. The predicted octanol–water partition coefficient (Wildman–Crippen LogP) is 2.77. The van der Waals surface area contributed by atoms with Crippen LogP contribution in [-0.4, -0.2) is 42.0 Å². The molecule has 144 valence electrons. The van der Waals surface area contributed by atoms with Crippen molar-refractivity contribution in [1.29, 1.82) is 0 Å². The third-order valence-electron chi connectivity index (χ3n) is 5.31. The molecule has 1 aromatic carbocycles. The lowest BCUT2D eigenvalue weighted by molar-refractivity contribution is 0.143. The summed E-state index contributed by atoms with van der Waals surface area (Å²) in [5, 5.41) is 12.3. The Labute approximate surface area is 159 Å². The van der Waals surface area contributed by atoms with Gasteiger partial charge in [-0.3, -0.25) is 4.79 Å². The first kappa shape index (κ1) is 18.1. The summed E-state index contributed by atoms with van der Waals surface area (Å²) < 4.78 is 21.9. The Morgan fingerprint density at radius 1 is 1.37 bits per heavy atom. The summed E-state index contributed by atoms with van der Waals surface area (Å²) in [6, 6.07) is 1.41. The lowest BCUT2D eigenvalue weighted by atomic mass is 10.1. The molecule has 0 radical (unpaired) electrons. The Balaban J connectivity index is 2.01. The molecule has 1 aliphatic carbocycles. The zero-order valence-corrected chi connectivity index (χ0v) is 15.5. The minimum absolute atomic E-state index is 0.0169. The van der Waals surface area contributed by atoms with Gasteiger partial charge in [-0.15, -0.1) is 0 Å². The first-order valence-electron chi connectivity index (χ1n) is 8.76. The fourth-order valence-electron chi connectivity index (χ4n) is 3.57. The van der Waals surface area contributed by atoms with Gasteiger partial charge in [0.1, 0.15) is 0 Å². The summed E-state index contributed by atoms with van der Waals surface area (Å²) in [6.07, 6.45) is 1.29. The summed E-state index contributed by atoms with van der Waals surface area (Å²) in [6.45, 7) is 4.56. The molecule has 2 heterocycles. The van der Waals surface area contributed by atoms with E-state index in [9.17, 15) is 9.59 Å². The normalized spacial score (nSPS) is 18.6. The molecule has 2 aromatic rings. The lowest BCUT2D eigenvalue weighted by Gasteiger charge is -2.31. The molecule has 0 bridgehead atoms. The minimum atomic E-state index is -1.59. The van der Waals surface area contributed by atoms with Crippen LogP contribution in [0, 0.1) is 5.82 Å². The van der Waals surface area contributed by atoms with Gasteiger partial charge in [-0.05, 0) is 25.8 Å². The molecule has 1 saturated carbocycles. The van der Waals surface area contributed by atoms with Crippen molar-refractivity contribution < 1.29 is 19.0 Å². The predicted molar refractivity (Wildman–Crippen MR) is 99.8 cm³/mol. The average molecular weight is 396 g/mol. The van der Waals surface area contributed by atoms with E-state index < -0.39 is 22.9 Å². The second-order valence-electron chi connectivity index (χ2n) is 7.21. The Morgan fingerprint density at radius 2 is 2.04 bits per heavy atom. The number of anilines is 1. The van der Waals surface area contributed by atoms with Crippen LogP contribution in [0.25, 0.3) is 10.9 Å². The van der Waals surface area contributed by atoms with E-state index in [0.29, 0.717) is 26.2 Å². The van der Waals surface area contributed by atoms with Gasteiger partial charge in [0.2, 0.25) is 5.43 Å². The number of fused-ring (bicyclic) bond motifs is 1. The Kier molecular flexibility index (Phi) is 4.27. The Bertz CT molecular complexity index is 996. The molecular weight excluding hydrogens is 377 g/mol. The van der Waals surface area contributed by atoms with E-state index in [4.69, 9.17) is 16.7 Å². The number of aromatic nitrogens is 1. The molecule has 1 aromatic heterocycles. The third kappa shape index (κ3) is 3.02. The van der Waals surface area contributed by atoms with Crippen molar-refractivity contribution in [3.05, 3.63) is 33.3 Å². The van der Waals surface area contributed by atoms with Crippen LogP contribution in [0.3, 0.4) is 0 Å². The molecule has 0 unspecified atom stereocenters. The van der Waals surface area contributed by atoms with E-state index in [2.05, 4.69) is 10.1 Å². The smallest absolute Gasteiger partial charge is 0.449 e. The van der Waals surface area contributed by atoms with Crippen LogP contribution >= 0.6 is 11.6 Å². The number of nitrogens with one attached hydrogen (secondary N) is 1. The Morgan fingerprint density at radius 3 is 2.63 bits per heavy atom. The van der Waals surface area contributed by atoms with E-state index in [0.717, 1.165) is 12.8 Å². The number of nitrogens with zero attached hydrogens (tertiary/aromatic N) is 2. The second-order valence-corrected chi connectivity index (χ2v) is 7.62. The van der Waals surface area contributed by atoms with E-state index in [1.165, 1.54) is 12.3 Å². The number of ether oxygens (including phenoxy) is 1. The third-order valence-corrected chi connectivity index (χ3v) is 5.60. The van der Waals surface area contributed by atoms with Gasteiger partial charge in [-0.25, -0.2) is 9.18 Å². The van der Waals surface area contributed by atoms with Gasteiger partial charge in [0, 0.05) is 31.7 Å². The molecular formula is C18H19ClFN3O4. The van der Waals surface area contributed by atoms with E-state index >= 15 is 4.39 Å². The second kappa shape index (κ2) is 6.38. The first-order chi connectivity index (χ1) is 12.8. The maximum absolute atomic E-state index is 15.6. The molecule has 7 nitrogen and oxygen atoms in total. The zero-order chi connectivity index (χ0) is 19.3. The van der Waals surface area contributed by atoms with Crippen molar-refractivity contribution in [2.75, 3.05) is 31.1 Å². The fraction of sp³-hybridized carbons (Fsp3) is 0.444. The monoisotopic (exact) mass is 395 g/mol. The Hall–Kier alpha value is -2.32. The van der Waals surface area contributed by atoms with Crippen LogP contribution in [0.5, 0.6) is 5.75 Å². The van der Waals surface area contributed by atoms with Crippen molar-refractivity contribution in [3.63, 3.8) is 0 Å². The summed E-state index contributed by atoms with van der Waals surface area (Å²) in [7, 11) is 0. The number of pyridine rings is 1. The summed E-state index contributed by atoms with van der Waals surface area (Å²) >= 11 is 6.35. The standard InChI is InChI=1S/C18H19ClFN3O4/c1-18(2-3-18)23-9-12(27-17(25)26)16(24)10-8-11(19)15(13(20)14(10)23)22-6-4-21-5-7-22/h8-9,21H,2-7H2,1H3,(H,25,26). The molecule has 0 spiro atoms. The highest BCUT2D eigenvalue weighted by atomic mass is 35.5. The maximum atomic E-state index is 15.6. The van der Waals surface area contributed by atoms with Crippen LogP contribution in [-0.2, 0) is 5.54 Å². The van der Waals surface area contributed by atoms with Gasteiger partial charge < -0.3 is 24.6 Å². The zero-order valence-electron chi connectivity index (χ0n) is 14.7. The van der Waals surface area contributed by atoms with Gasteiger partial charge in [-0.1, -0.05) is 11.6 Å². The molecule has 2 fully saturated rings. The highest BCUT2D eigenvalue weighted by molar-refractivity contribution is 6.34. The van der Waals surface area contributed by atoms with Crippen molar-refractivity contribution in [3.8, 4) is 5.75 Å². The number of rotatable bonds is 3. The molecule has 1 saturated heterocycles. The highest BCUT2D eigenvalue weighted by Crippen LogP contribution is 2.46. The topological polar surface area (TPSA) is 83.8 Å². The van der Waals surface area contributed by atoms with E-state index in [-0.39, 0.29) is 27.4 Å². The van der Waals surface area contributed by atoms with Crippen LogP contribution in [0.4, 0.5) is 14.9 Å². The molecule has 27 heavy (non-hydrogen) atoms. The van der Waals surface area contributed by atoms with Crippen LogP contribution < -0.4 is 20.4 Å². The number of carbonyl (C=O) groups is 1. The summed E-state index contributed by atoms with van der Waals surface area (Å²) in [5.41, 5.74) is -0.677. The van der Waals surface area contributed by atoms with E-state index in [1.54, 1.807) is 4.57 Å². The number of benzene rings is 1. The average Bonchev–Trinajstić information content (AvgIpc) is 3.37. The van der Waals surface area contributed by atoms with Crippen LogP contribution in [0.1, 0.15) is 19.8 Å². The number of piperazine rings is 1. The SMILES string of the molecule is CC1(n2cc(OC(=O)O)c(=O)c3cc(Cl)c(N4CCNCC4)c(F)c32)CC1. The number of hydrogen-bond donors (Lipinski definition) is 2. The highest BCUT2D eigenvalue weighted by Gasteiger charge is 2.41. The van der Waals surface area contributed by atoms with Crippen LogP contribution in [0.2, 0.25) is 5.02 Å². The number of carboxylic acid groups (broad SMARTS) is 1. The van der Waals surface area contributed by atoms with Crippen molar-refractivity contribution in [2.24, 2.45) is 0 Å². The van der Waals surface area contributed by atoms with Gasteiger partial charge in [0.15, 0.2) is 11.6 Å².